The minimum absolute atomic E-state index is 0.0162. The highest BCUT2D eigenvalue weighted by atomic mass is 16.3. The summed E-state index contributed by atoms with van der Waals surface area (Å²) in [5.41, 5.74) is 1.70. The van der Waals surface area contributed by atoms with Gasteiger partial charge in [0.25, 0.3) is 5.56 Å². The number of H-pyrrole nitrogens is 1. The fourth-order valence-electron chi connectivity index (χ4n) is 3.37. The van der Waals surface area contributed by atoms with Crippen LogP contribution < -0.4 is 5.56 Å². The van der Waals surface area contributed by atoms with Gasteiger partial charge >= 0.3 is 0 Å². The van der Waals surface area contributed by atoms with Crippen molar-refractivity contribution in [2.45, 2.75) is 57.7 Å². The van der Waals surface area contributed by atoms with Gasteiger partial charge in [0.2, 0.25) is 0 Å². The zero-order valence-corrected chi connectivity index (χ0v) is 11.4. The molecule has 0 saturated heterocycles. The van der Waals surface area contributed by atoms with Crippen LogP contribution in [0.25, 0.3) is 0 Å². The van der Waals surface area contributed by atoms with Crippen LogP contribution >= 0.6 is 0 Å². The number of nitrogens with zero attached hydrogens (tertiary/aromatic N) is 2. The lowest BCUT2D eigenvalue weighted by Crippen LogP contribution is -2.48. The summed E-state index contributed by atoms with van der Waals surface area (Å²) in [6.45, 7) is 3.34. The van der Waals surface area contributed by atoms with E-state index in [4.69, 9.17) is 0 Å². The first-order valence-corrected chi connectivity index (χ1v) is 7.16. The van der Waals surface area contributed by atoms with Gasteiger partial charge in [0.05, 0.1) is 17.4 Å². The summed E-state index contributed by atoms with van der Waals surface area (Å²) in [5, 5.41) is 10.1. The molecule has 1 aliphatic carbocycles. The summed E-state index contributed by atoms with van der Waals surface area (Å²) in [5.74, 6) is 0.690. The number of aryl methyl sites for hydroxylation is 1. The van der Waals surface area contributed by atoms with Crippen molar-refractivity contribution >= 4 is 0 Å². The zero-order valence-electron chi connectivity index (χ0n) is 11.4. The zero-order chi connectivity index (χ0) is 13.4. The molecule has 1 fully saturated rings. The smallest absolute Gasteiger partial charge is 0.255 e. The van der Waals surface area contributed by atoms with Gasteiger partial charge in [-0.25, -0.2) is 4.98 Å². The van der Waals surface area contributed by atoms with Crippen molar-refractivity contribution in [2.24, 2.45) is 0 Å². The van der Waals surface area contributed by atoms with E-state index in [1.54, 1.807) is 0 Å². The number of rotatable bonds is 1. The Morgan fingerprint density at radius 1 is 1.37 bits per heavy atom. The number of nitrogens with one attached hydrogen (secondary N) is 1. The van der Waals surface area contributed by atoms with Crippen LogP contribution in [-0.2, 0) is 13.0 Å². The minimum Gasteiger partial charge on any atom is -0.391 e. The highest BCUT2D eigenvalue weighted by Crippen LogP contribution is 2.26. The van der Waals surface area contributed by atoms with Crippen LogP contribution in [0.5, 0.6) is 0 Å². The Kier molecular flexibility index (Phi) is 3.41. The van der Waals surface area contributed by atoms with Crippen LogP contribution in [0.3, 0.4) is 0 Å². The van der Waals surface area contributed by atoms with E-state index >= 15 is 0 Å². The fourth-order valence-corrected chi connectivity index (χ4v) is 3.37. The van der Waals surface area contributed by atoms with Gasteiger partial charge in [0.1, 0.15) is 5.82 Å². The molecule has 0 unspecified atom stereocenters. The first kappa shape index (κ1) is 12.8. The second kappa shape index (κ2) is 5.06. The van der Waals surface area contributed by atoms with Gasteiger partial charge in [-0.2, -0.15) is 0 Å². The van der Waals surface area contributed by atoms with E-state index in [1.807, 2.05) is 6.92 Å². The van der Waals surface area contributed by atoms with Gasteiger partial charge in [-0.05, 0) is 19.8 Å². The van der Waals surface area contributed by atoms with Crippen LogP contribution in [0, 0.1) is 6.92 Å². The van der Waals surface area contributed by atoms with Gasteiger partial charge in [0, 0.05) is 25.6 Å². The molecule has 2 heterocycles. The number of aliphatic hydroxyl groups excluding tert-OH is 1. The molecule has 0 spiro atoms. The average Bonchev–Trinajstić information content (AvgIpc) is 2.39. The number of aliphatic hydroxyl groups is 1. The minimum atomic E-state index is -0.243. The molecule has 2 aliphatic rings. The lowest BCUT2D eigenvalue weighted by atomic mass is 9.90. The molecule has 1 aromatic heterocycles. The fraction of sp³-hybridized carbons (Fsp3) is 0.714. The number of hydrogen-bond donors (Lipinski definition) is 2. The van der Waals surface area contributed by atoms with Gasteiger partial charge < -0.3 is 10.1 Å². The summed E-state index contributed by atoms with van der Waals surface area (Å²) in [6.07, 6.45) is 4.78. The number of aromatic amines is 1. The predicted molar refractivity (Wildman–Crippen MR) is 72.0 cm³/mol. The SMILES string of the molecule is Cc1nc2c(c(=O)[nH]1)CN([C@H]1CCCC[C@@H]1O)CC2. The van der Waals surface area contributed by atoms with Gasteiger partial charge in [-0.3, -0.25) is 9.69 Å². The van der Waals surface area contributed by atoms with Gasteiger partial charge in [-0.1, -0.05) is 12.8 Å². The van der Waals surface area contributed by atoms with Crippen molar-refractivity contribution in [3.05, 3.63) is 27.4 Å². The van der Waals surface area contributed by atoms with Crippen LogP contribution in [0.15, 0.2) is 4.79 Å². The third-order valence-corrected chi connectivity index (χ3v) is 4.38. The molecule has 19 heavy (non-hydrogen) atoms. The quantitative estimate of drug-likeness (QED) is 0.784. The van der Waals surface area contributed by atoms with E-state index in [-0.39, 0.29) is 17.7 Å². The normalized spacial score (nSPS) is 28.1. The average molecular weight is 263 g/mol. The molecule has 3 rings (SSSR count). The molecule has 0 aromatic carbocycles. The van der Waals surface area contributed by atoms with Crippen molar-refractivity contribution < 1.29 is 5.11 Å². The van der Waals surface area contributed by atoms with E-state index in [1.165, 1.54) is 6.42 Å². The maximum Gasteiger partial charge on any atom is 0.255 e. The van der Waals surface area contributed by atoms with Crippen molar-refractivity contribution in [1.82, 2.24) is 14.9 Å². The first-order valence-electron chi connectivity index (χ1n) is 7.16. The Morgan fingerprint density at radius 3 is 2.95 bits per heavy atom. The molecule has 2 N–H and O–H groups in total. The summed E-state index contributed by atoms with van der Waals surface area (Å²) in [4.78, 5) is 21.5. The summed E-state index contributed by atoms with van der Waals surface area (Å²) < 4.78 is 0. The van der Waals surface area contributed by atoms with Gasteiger partial charge in [0.15, 0.2) is 0 Å². The molecule has 0 amide bonds. The van der Waals surface area contributed by atoms with E-state index in [0.717, 1.165) is 43.5 Å². The molecular weight excluding hydrogens is 242 g/mol. The maximum atomic E-state index is 12.0. The Balaban J connectivity index is 1.84. The molecule has 1 aliphatic heterocycles. The Labute approximate surface area is 112 Å². The Morgan fingerprint density at radius 2 is 2.16 bits per heavy atom. The summed E-state index contributed by atoms with van der Waals surface area (Å²) >= 11 is 0. The molecule has 0 radical (unpaired) electrons. The summed E-state index contributed by atoms with van der Waals surface area (Å²) in [6, 6.07) is 0.211. The van der Waals surface area contributed by atoms with Crippen LogP contribution in [-0.4, -0.2) is 38.7 Å². The van der Waals surface area contributed by atoms with E-state index in [0.29, 0.717) is 12.4 Å². The lowest BCUT2D eigenvalue weighted by Gasteiger charge is -2.39. The summed E-state index contributed by atoms with van der Waals surface area (Å²) in [7, 11) is 0. The van der Waals surface area contributed by atoms with Crippen molar-refractivity contribution in [2.75, 3.05) is 6.54 Å². The molecule has 1 aromatic rings. The molecule has 5 heteroatoms. The van der Waals surface area contributed by atoms with E-state index < -0.39 is 0 Å². The van der Waals surface area contributed by atoms with Gasteiger partial charge in [-0.15, -0.1) is 0 Å². The second-order valence-electron chi connectivity index (χ2n) is 5.72. The highest BCUT2D eigenvalue weighted by Gasteiger charge is 2.32. The Bertz CT molecular complexity index is 526. The van der Waals surface area contributed by atoms with Crippen LogP contribution in [0.4, 0.5) is 0 Å². The van der Waals surface area contributed by atoms with E-state index in [9.17, 15) is 9.90 Å². The topological polar surface area (TPSA) is 69.2 Å². The van der Waals surface area contributed by atoms with E-state index in [2.05, 4.69) is 14.9 Å². The van der Waals surface area contributed by atoms with Crippen molar-refractivity contribution in [1.29, 1.82) is 0 Å². The molecule has 104 valence electrons. The highest BCUT2D eigenvalue weighted by molar-refractivity contribution is 5.21. The third kappa shape index (κ3) is 2.44. The monoisotopic (exact) mass is 263 g/mol. The van der Waals surface area contributed by atoms with Crippen molar-refractivity contribution in [3.63, 3.8) is 0 Å². The third-order valence-electron chi connectivity index (χ3n) is 4.38. The Hall–Kier alpha value is -1.20. The van der Waals surface area contributed by atoms with Crippen LogP contribution in [0.1, 0.15) is 42.8 Å². The molecule has 0 bridgehead atoms. The lowest BCUT2D eigenvalue weighted by molar-refractivity contribution is 0.0126. The second-order valence-corrected chi connectivity index (χ2v) is 5.72. The number of aromatic nitrogens is 2. The molecular formula is C14H21N3O2. The van der Waals surface area contributed by atoms with Crippen LogP contribution in [0.2, 0.25) is 0 Å². The first-order chi connectivity index (χ1) is 9.15. The maximum absolute atomic E-state index is 12.0. The largest absolute Gasteiger partial charge is 0.391 e. The number of fused-ring (bicyclic) bond motifs is 1. The number of hydrogen-bond acceptors (Lipinski definition) is 4. The molecule has 2 atom stereocenters. The standard InChI is InChI=1S/C14H21N3O2/c1-9-15-11-6-7-17(8-10(11)14(19)16-9)12-4-2-3-5-13(12)18/h12-13,18H,2-8H2,1H3,(H,15,16,19)/t12-,13-/m0/s1. The predicted octanol–water partition coefficient (Wildman–Crippen LogP) is 0.740. The van der Waals surface area contributed by atoms with Crippen molar-refractivity contribution in [3.8, 4) is 0 Å². The molecule has 5 nitrogen and oxygen atoms in total. The molecule has 1 saturated carbocycles.